The summed E-state index contributed by atoms with van der Waals surface area (Å²) < 4.78 is 7.69. The van der Waals surface area contributed by atoms with Crippen molar-refractivity contribution < 1.29 is 4.57 Å². The summed E-state index contributed by atoms with van der Waals surface area (Å²) in [6.45, 7) is 2.14. The molecule has 0 amide bonds. The summed E-state index contributed by atoms with van der Waals surface area (Å²) in [7, 11) is 6.46. The summed E-state index contributed by atoms with van der Waals surface area (Å²) >= 11 is 0.369. The Hall–Kier alpha value is -2.65. The third-order valence-electron chi connectivity index (χ3n) is 5.97. The van der Waals surface area contributed by atoms with E-state index in [2.05, 4.69) is 114 Å². The van der Waals surface area contributed by atoms with Crippen LogP contribution in [0.2, 0.25) is 0 Å². The van der Waals surface area contributed by atoms with Crippen molar-refractivity contribution >= 4 is 58.2 Å². The van der Waals surface area contributed by atoms with E-state index in [-0.39, 0.29) is 0 Å². The summed E-state index contributed by atoms with van der Waals surface area (Å²) in [5.74, 6) is 0. The van der Waals surface area contributed by atoms with E-state index >= 15 is 0 Å². The summed E-state index contributed by atoms with van der Waals surface area (Å²) in [5, 5.41) is 2.70. The standard InChI is InChI=1S/C27H28N3Se/c1-28(2)17-8-18-30-23-10-5-4-9-21(23)22-19-20(13-15-24(22)30)14-16-27-29(3)25-11-6-7-12-26(25)31-27/h4-7,9-16,19H,8,17-18H2,1-3H3/q+1. The maximum atomic E-state index is 2.49. The molecule has 2 heterocycles. The molecule has 4 heteroatoms. The molecule has 0 saturated carbocycles. The van der Waals surface area contributed by atoms with Gasteiger partial charge in [-0.15, -0.1) is 0 Å². The van der Waals surface area contributed by atoms with Crippen LogP contribution in [0.15, 0.2) is 66.7 Å². The third kappa shape index (κ3) is 3.87. The van der Waals surface area contributed by atoms with Crippen molar-refractivity contribution in [2.75, 3.05) is 20.6 Å². The Balaban J connectivity index is 1.53. The summed E-state index contributed by atoms with van der Waals surface area (Å²) in [6, 6.07) is 24.5. The van der Waals surface area contributed by atoms with E-state index in [0.29, 0.717) is 14.5 Å². The summed E-state index contributed by atoms with van der Waals surface area (Å²) in [6.07, 6.45) is 5.73. The van der Waals surface area contributed by atoms with Gasteiger partial charge < -0.3 is 0 Å². The monoisotopic (exact) mass is 474 g/mol. The van der Waals surface area contributed by atoms with Gasteiger partial charge in [-0.2, -0.15) is 0 Å². The van der Waals surface area contributed by atoms with Crippen LogP contribution in [0.1, 0.15) is 16.6 Å². The number of benzene rings is 3. The molecule has 0 aliphatic rings. The second-order valence-corrected chi connectivity index (χ2v) is 10.6. The molecule has 0 aliphatic carbocycles. The second kappa shape index (κ2) is 8.47. The molecule has 2 aromatic heterocycles. The fourth-order valence-electron chi connectivity index (χ4n) is 4.39. The Morgan fingerprint density at radius 3 is 2.52 bits per heavy atom. The molecule has 0 saturated heterocycles. The van der Waals surface area contributed by atoms with Gasteiger partial charge in [-0.25, -0.2) is 0 Å². The Kier molecular flexibility index (Phi) is 5.54. The summed E-state index contributed by atoms with van der Waals surface area (Å²) in [4.78, 5) is 2.26. The number of hydrogen-bond acceptors (Lipinski definition) is 1. The van der Waals surface area contributed by atoms with Gasteiger partial charge in [0.05, 0.1) is 0 Å². The van der Waals surface area contributed by atoms with Gasteiger partial charge in [-0.1, -0.05) is 0 Å². The first-order valence-corrected chi connectivity index (χ1v) is 12.5. The second-order valence-electron chi connectivity index (χ2n) is 8.40. The fourth-order valence-corrected chi connectivity index (χ4v) is 6.60. The zero-order valence-electron chi connectivity index (χ0n) is 18.4. The molecule has 0 atom stereocenters. The Morgan fingerprint density at radius 2 is 1.68 bits per heavy atom. The van der Waals surface area contributed by atoms with Crippen molar-refractivity contribution in [2.45, 2.75) is 13.0 Å². The van der Waals surface area contributed by atoms with E-state index in [1.54, 1.807) is 0 Å². The maximum absolute atomic E-state index is 2.49. The van der Waals surface area contributed by atoms with Gasteiger partial charge in [0.25, 0.3) is 0 Å². The van der Waals surface area contributed by atoms with Crippen LogP contribution < -0.4 is 4.57 Å². The number of para-hydroxylation sites is 2. The van der Waals surface area contributed by atoms with Gasteiger partial charge in [0.15, 0.2) is 0 Å². The van der Waals surface area contributed by atoms with Gasteiger partial charge in [0.2, 0.25) is 0 Å². The molecule has 3 nitrogen and oxygen atoms in total. The molecule has 0 bridgehead atoms. The molecule has 31 heavy (non-hydrogen) atoms. The third-order valence-corrected chi connectivity index (χ3v) is 8.46. The molecule has 5 aromatic rings. The van der Waals surface area contributed by atoms with E-state index in [0.717, 1.165) is 19.5 Å². The normalized spacial score (nSPS) is 12.3. The summed E-state index contributed by atoms with van der Waals surface area (Å²) in [5.41, 5.74) is 5.27. The van der Waals surface area contributed by atoms with Crippen molar-refractivity contribution in [3.05, 3.63) is 76.9 Å². The van der Waals surface area contributed by atoms with E-state index in [4.69, 9.17) is 0 Å². The van der Waals surface area contributed by atoms with E-state index in [9.17, 15) is 0 Å². The molecule has 156 valence electrons. The Labute approximate surface area is 189 Å². The van der Waals surface area contributed by atoms with Crippen LogP contribution >= 0.6 is 0 Å². The van der Waals surface area contributed by atoms with Crippen LogP contribution in [-0.4, -0.2) is 44.6 Å². The van der Waals surface area contributed by atoms with Crippen LogP contribution in [0, 0.1) is 0 Å². The molecule has 0 radical (unpaired) electrons. The molecular weight excluding hydrogens is 445 g/mol. The number of rotatable bonds is 6. The molecule has 0 spiro atoms. The fraction of sp³-hybridized carbons (Fsp3) is 0.222. The average molecular weight is 474 g/mol. The number of fused-ring (bicyclic) bond motifs is 4. The minimum atomic E-state index is 0.369. The van der Waals surface area contributed by atoms with Crippen LogP contribution in [0.25, 0.3) is 43.7 Å². The number of aryl methyl sites for hydroxylation is 2. The molecule has 0 fully saturated rings. The first-order chi connectivity index (χ1) is 15.1. The quantitative estimate of drug-likeness (QED) is 0.251. The van der Waals surface area contributed by atoms with E-state index in [1.807, 2.05) is 0 Å². The molecule has 3 aromatic carbocycles. The number of aromatic nitrogens is 2. The first-order valence-electron chi connectivity index (χ1n) is 10.8. The van der Waals surface area contributed by atoms with Gasteiger partial charge in [-0.3, -0.25) is 0 Å². The van der Waals surface area contributed by atoms with Gasteiger partial charge >= 0.3 is 176 Å². The predicted molar refractivity (Wildman–Crippen MR) is 134 cm³/mol. The number of nitrogens with zero attached hydrogens (tertiary/aromatic N) is 3. The Morgan fingerprint density at radius 1 is 0.903 bits per heavy atom. The van der Waals surface area contributed by atoms with Crippen LogP contribution in [0.3, 0.4) is 0 Å². The first kappa shape index (κ1) is 20.3. The SMILES string of the molecule is CN(C)CCCn1c2ccccc2c2cc(/C=C/c3[se]c4ccccc4[n+]3C)ccc21. The molecule has 0 unspecified atom stereocenters. The van der Waals surface area contributed by atoms with Crippen LogP contribution in [0.5, 0.6) is 0 Å². The zero-order chi connectivity index (χ0) is 21.4. The van der Waals surface area contributed by atoms with Crippen LogP contribution in [-0.2, 0) is 13.6 Å². The molecular formula is C27H28N3Se+. The predicted octanol–water partition coefficient (Wildman–Crippen LogP) is 4.95. The van der Waals surface area contributed by atoms with Crippen LogP contribution in [0.4, 0.5) is 0 Å². The average Bonchev–Trinajstić information content (AvgIpc) is 3.27. The van der Waals surface area contributed by atoms with Crippen molar-refractivity contribution in [3.63, 3.8) is 0 Å². The minimum absolute atomic E-state index is 0.369. The molecule has 0 N–H and O–H groups in total. The van der Waals surface area contributed by atoms with Crippen molar-refractivity contribution in [3.8, 4) is 0 Å². The number of hydrogen-bond donors (Lipinski definition) is 0. The van der Waals surface area contributed by atoms with E-state index < -0.39 is 0 Å². The van der Waals surface area contributed by atoms with Gasteiger partial charge in [-0.05, 0) is 14.1 Å². The van der Waals surface area contributed by atoms with Crippen molar-refractivity contribution in [2.24, 2.45) is 7.05 Å². The van der Waals surface area contributed by atoms with Gasteiger partial charge in [0.1, 0.15) is 0 Å². The van der Waals surface area contributed by atoms with Crippen molar-refractivity contribution in [1.82, 2.24) is 9.47 Å². The van der Waals surface area contributed by atoms with E-state index in [1.165, 1.54) is 41.7 Å². The van der Waals surface area contributed by atoms with Crippen molar-refractivity contribution in [1.29, 1.82) is 0 Å². The van der Waals surface area contributed by atoms with Gasteiger partial charge in [0, 0.05) is 0 Å². The topological polar surface area (TPSA) is 12.1 Å². The zero-order valence-corrected chi connectivity index (χ0v) is 20.1. The molecule has 5 rings (SSSR count). The Bertz CT molecular complexity index is 1400. The molecule has 0 aliphatic heterocycles.